The fourth-order valence-electron chi connectivity index (χ4n) is 11.2. The second-order valence-electron chi connectivity index (χ2n) is 20.9. The SMILES string of the molecule is C1=CC(c2nc(-c3ccccc3)nc(-c3ccc(-c4cc(-c5ccccc5)c(-c5cccc(-c6cc(-c7ccccc7)cc(-c7ccccc7)n6)c5)c(-c5ccccc5-c5nc(-c6ccccc6)cc(-c6ccccc6)n5)c4)cc3)n2)=CCC1. The number of hydrogen-bond donors (Lipinski definition) is 0. The summed E-state index contributed by atoms with van der Waals surface area (Å²) in [4.78, 5) is 31.5. The van der Waals surface area contributed by atoms with Crippen molar-refractivity contribution in [3.8, 4) is 135 Å². The molecule has 0 saturated carbocycles. The Morgan fingerprint density at radius 2 is 0.631 bits per heavy atom. The molecular formula is C78H54N6. The van der Waals surface area contributed by atoms with Crippen molar-refractivity contribution < 1.29 is 0 Å². The highest BCUT2D eigenvalue weighted by molar-refractivity contribution is 6.01. The number of benzene rings is 10. The summed E-state index contributed by atoms with van der Waals surface area (Å²) in [6.45, 7) is 0. The van der Waals surface area contributed by atoms with Crippen LogP contribution >= 0.6 is 0 Å². The van der Waals surface area contributed by atoms with E-state index in [-0.39, 0.29) is 0 Å². The van der Waals surface area contributed by atoms with Crippen LogP contribution in [-0.4, -0.2) is 29.9 Å². The Hall–Kier alpha value is -11.1. The quantitative estimate of drug-likeness (QED) is 0.114. The number of hydrogen-bond acceptors (Lipinski definition) is 6. The molecular weight excluding hydrogens is 1020 g/mol. The van der Waals surface area contributed by atoms with Crippen LogP contribution in [0.25, 0.3) is 140 Å². The lowest BCUT2D eigenvalue weighted by Gasteiger charge is -2.21. The van der Waals surface area contributed by atoms with E-state index in [1.807, 2.05) is 48.5 Å². The van der Waals surface area contributed by atoms with Crippen LogP contribution in [0.15, 0.2) is 303 Å². The second-order valence-corrected chi connectivity index (χ2v) is 20.9. The molecule has 396 valence electrons. The van der Waals surface area contributed by atoms with Crippen LogP contribution in [0.3, 0.4) is 0 Å². The van der Waals surface area contributed by atoms with Crippen molar-refractivity contribution >= 4 is 5.57 Å². The summed E-state index contributed by atoms with van der Waals surface area (Å²) in [7, 11) is 0. The Bertz CT molecular complexity index is 4430. The number of pyridine rings is 1. The largest absolute Gasteiger partial charge is 0.248 e. The Morgan fingerprint density at radius 1 is 0.214 bits per heavy atom. The van der Waals surface area contributed by atoms with Gasteiger partial charge in [0.15, 0.2) is 23.3 Å². The number of rotatable bonds is 13. The van der Waals surface area contributed by atoms with Crippen molar-refractivity contribution in [1.29, 1.82) is 0 Å². The van der Waals surface area contributed by atoms with Gasteiger partial charge in [-0.05, 0) is 105 Å². The first kappa shape index (κ1) is 51.1. The molecule has 0 N–H and O–H groups in total. The smallest absolute Gasteiger partial charge is 0.164 e. The lowest BCUT2D eigenvalue weighted by atomic mass is 9.83. The van der Waals surface area contributed by atoms with E-state index in [0.29, 0.717) is 23.3 Å². The molecule has 84 heavy (non-hydrogen) atoms. The predicted molar refractivity (Wildman–Crippen MR) is 345 cm³/mol. The molecule has 3 aromatic heterocycles. The van der Waals surface area contributed by atoms with Crippen molar-refractivity contribution in [2.75, 3.05) is 0 Å². The number of allylic oxidation sites excluding steroid dienone is 4. The molecule has 10 aromatic carbocycles. The highest BCUT2D eigenvalue weighted by Gasteiger charge is 2.23. The average molecular weight is 1080 g/mol. The summed E-state index contributed by atoms with van der Waals surface area (Å²) < 4.78 is 0. The maximum Gasteiger partial charge on any atom is 0.164 e. The first-order valence-corrected chi connectivity index (χ1v) is 28.5. The predicted octanol–water partition coefficient (Wildman–Crippen LogP) is 19.8. The van der Waals surface area contributed by atoms with Gasteiger partial charge in [0.05, 0.1) is 22.8 Å². The van der Waals surface area contributed by atoms with Gasteiger partial charge in [-0.2, -0.15) is 0 Å². The maximum absolute atomic E-state index is 5.43. The molecule has 13 aromatic rings. The first-order valence-electron chi connectivity index (χ1n) is 28.5. The first-order chi connectivity index (χ1) is 41.6. The minimum Gasteiger partial charge on any atom is -0.248 e. The molecule has 6 heteroatoms. The molecule has 0 fully saturated rings. The molecule has 0 atom stereocenters. The van der Waals surface area contributed by atoms with Crippen molar-refractivity contribution in [1.82, 2.24) is 29.9 Å². The molecule has 0 spiro atoms. The molecule has 0 unspecified atom stereocenters. The van der Waals surface area contributed by atoms with Crippen LogP contribution < -0.4 is 0 Å². The Balaban J connectivity index is 0.984. The van der Waals surface area contributed by atoms with Gasteiger partial charge < -0.3 is 0 Å². The Morgan fingerprint density at radius 3 is 1.20 bits per heavy atom. The van der Waals surface area contributed by atoms with Gasteiger partial charge >= 0.3 is 0 Å². The van der Waals surface area contributed by atoms with Gasteiger partial charge in [0.1, 0.15) is 0 Å². The molecule has 0 bridgehead atoms. The summed E-state index contributed by atoms with van der Waals surface area (Å²) in [6, 6.07) is 100.0. The molecule has 14 rings (SSSR count). The van der Waals surface area contributed by atoms with E-state index in [0.717, 1.165) is 136 Å². The summed E-state index contributed by atoms with van der Waals surface area (Å²) in [5.41, 5.74) is 21.9. The van der Waals surface area contributed by atoms with Gasteiger partial charge in [0.2, 0.25) is 0 Å². The zero-order valence-corrected chi connectivity index (χ0v) is 46.0. The molecule has 0 radical (unpaired) electrons. The van der Waals surface area contributed by atoms with Gasteiger partial charge in [-0.3, -0.25) is 0 Å². The van der Waals surface area contributed by atoms with Crippen molar-refractivity contribution in [2.45, 2.75) is 12.8 Å². The molecule has 0 aliphatic heterocycles. The second kappa shape index (κ2) is 23.2. The standard InChI is InChI=1S/C78H54N6/c1-8-25-53(26-9-1)65-50-70(56-29-12-3-13-30-56)79-71(51-65)62-39-24-40-63(47-62)74-68(55-27-10-2-11-28-55)48-64(54-43-45-61(46-44-54)77-83-75(59-35-18-6-19-36-59)82-76(84-77)60-37-20-7-21-38-60)49-69(74)66-41-22-23-42-67(66)78-80-72(57-31-14-4-15-32-57)52-73(81-78)58-33-16-5-17-34-58/h1-6,8-20,22-52H,7,21H2. The Kier molecular flexibility index (Phi) is 14.1. The highest BCUT2D eigenvalue weighted by atomic mass is 15.0. The summed E-state index contributed by atoms with van der Waals surface area (Å²) in [5.74, 6) is 2.55. The van der Waals surface area contributed by atoms with E-state index >= 15 is 0 Å². The van der Waals surface area contributed by atoms with E-state index in [1.54, 1.807) is 0 Å². The number of aromatic nitrogens is 6. The minimum absolute atomic E-state index is 0.618. The molecule has 3 heterocycles. The van der Waals surface area contributed by atoms with Gasteiger partial charge in [0.25, 0.3) is 0 Å². The molecule has 0 amide bonds. The number of nitrogens with zero attached hydrogens (tertiary/aromatic N) is 6. The maximum atomic E-state index is 5.43. The van der Waals surface area contributed by atoms with E-state index in [1.165, 1.54) is 0 Å². The summed E-state index contributed by atoms with van der Waals surface area (Å²) >= 11 is 0. The minimum atomic E-state index is 0.618. The fraction of sp³-hybridized carbons (Fsp3) is 0.0256. The van der Waals surface area contributed by atoms with E-state index in [2.05, 4.69) is 255 Å². The van der Waals surface area contributed by atoms with Crippen LogP contribution in [0.1, 0.15) is 18.7 Å². The zero-order chi connectivity index (χ0) is 56.0. The van der Waals surface area contributed by atoms with Gasteiger partial charge in [-0.25, -0.2) is 29.9 Å². The molecule has 0 saturated heterocycles. The lowest BCUT2D eigenvalue weighted by Crippen LogP contribution is -2.03. The lowest BCUT2D eigenvalue weighted by molar-refractivity contribution is 1.01. The topological polar surface area (TPSA) is 77.3 Å². The summed E-state index contributed by atoms with van der Waals surface area (Å²) in [5, 5.41) is 0. The zero-order valence-electron chi connectivity index (χ0n) is 46.0. The van der Waals surface area contributed by atoms with Crippen molar-refractivity contribution in [3.05, 3.63) is 309 Å². The normalized spacial score (nSPS) is 12.0. The summed E-state index contributed by atoms with van der Waals surface area (Å²) in [6.07, 6.45) is 8.47. The fourth-order valence-corrected chi connectivity index (χ4v) is 11.2. The van der Waals surface area contributed by atoms with Gasteiger partial charge in [-0.15, -0.1) is 0 Å². The van der Waals surface area contributed by atoms with Crippen LogP contribution in [0, 0.1) is 0 Å². The average Bonchev–Trinajstić information content (AvgIpc) is 3.09. The van der Waals surface area contributed by atoms with E-state index in [4.69, 9.17) is 29.9 Å². The van der Waals surface area contributed by atoms with Crippen LogP contribution in [0.4, 0.5) is 0 Å². The van der Waals surface area contributed by atoms with Crippen LogP contribution in [-0.2, 0) is 0 Å². The third-order valence-corrected chi connectivity index (χ3v) is 15.4. The molecule has 1 aliphatic carbocycles. The van der Waals surface area contributed by atoms with E-state index < -0.39 is 0 Å². The van der Waals surface area contributed by atoms with Crippen molar-refractivity contribution in [3.63, 3.8) is 0 Å². The van der Waals surface area contributed by atoms with Crippen LogP contribution in [0.5, 0.6) is 0 Å². The van der Waals surface area contributed by atoms with E-state index in [9.17, 15) is 0 Å². The molecule has 6 nitrogen and oxygen atoms in total. The van der Waals surface area contributed by atoms with Crippen LogP contribution in [0.2, 0.25) is 0 Å². The third kappa shape index (κ3) is 10.7. The van der Waals surface area contributed by atoms with Gasteiger partial charge in [-0.1, -0.05) is 267 Å². The third-order valence-electron chi connectivity index (χ3n) is 15.4. The highest BCUT2D eigenvalue weighted by Crippen LogP contribution is 2.47. The monoisotopic (exact) mass is 1070 g/mol. The van der Waals surface area contributed by atoms with Gasteiger partial charge in [0, 0.05) is 44.5 Å². The Labute approximate surface area is 489 Å². The van der Waals surface area contributed by atoms with Crippen molar-refractivity contribution in [2.24, 2.45) is 0 Å². The molecule has 1 aliphatic rings.